The number of rotatable bonds is 5. The van der Waals surface area contributed by atoms with Gasteiger partial charge < -0.3 is 4.74 Å². The molecule has 2 nitrogen and oxygen atoms in total. The molecule has 0 radical (unpaired) electrons. The van der Waals surface area contributed by atoms with Crippen LogP contribution < -0.4 is 0 Å². The second kappa shape index (κ2) is 5.13. The van der Waals surface area contributed by atoms with Crippen molar-refractivity contribution >= 4 is 5.78 Å². The van der Waals surface area contributed by atoms with E-state index >= 15 is 0 Å². The van der Waals surface area contributed by atoms with E-state index in [0.717, 1.165) is 0 Å². The van der Waals surface area contributed by atoms with Gasteiger partial charge in [-0.1, -0.05) is 0 Å². The lowest BCUT2D eigenvalue weighted by Crippen LogP contribution is -2.11. The number of alkyl halides is 3. The Bertz CT molecular complexity index is 142. The van der Waals surface area contributed by atoms with Gasteiger partial charge in [0.25, 0.3) is 0 Å². The summed E-state index contributed by atoms with van der Waals surface area (Å²) in [5.41, 5.74) is 0. The van der Waals surface area contributed by atoms with Gasteiger partial charge in [-0.05, 0) is 0 Å². The molecule has 0 amide bonds. The van der Waals surface area contributed by atoms with Crippen LogP contribution in [-0.4, -0.2) is 25.7 Å². The summed E-state index contributed by atoms with van der Waals surface area (Å²) in [5, 5.41) is 0. The monoisotopic (exact) mass is 184 g/mol. The minimum absolute atomic E-state index is 0.0621. The van der Waals surface area contributed by atoms with Crippen LogP contribution in [0.15, 0.2) is 0 Å². The van der Waals surface area contributed by atoms with E-state index in [1.54, 1.807) is 0 Å². The minimum atomic E-state index is -4.23. The molecule has 0 aromatic heterocycles. The molecule has 0 saturated carbocycles. The van der Waals surface area contributed by atoms with Crippen LogP contribution in [0.2, 0.25) is 0 Å². The normalized spacial score (nSPS) is 11.7. The van der Waals surface area contributed by atoms with Crippen molar-refractivity contribution in [3.8, 4) is 0 Å². The number of methoxy groups -OCH3 is 1. The minimum Gasteiger partial charge on any atom is -0.384 e. The SMILES string of the molecule is COCCC(=O)CCC(F)(F)F. The molecule has 0 unspecified atom stereocenters. The van der Waals surface area contributed by atoms with Gasteiger partial charge >= 0.3 is 6.18 Å². The van der Waals surface area contributed by atoms with Crippen molar-refractivity contribution in [2.45, 2.75) is 25.4 Å². The summed E-state index contributed by atoms with van der Waals surface area (Å²) in [4.78, 5) is 10.7. The van der Waals surface area contributed by atoms with E-state index in [1.807, 2.05) is 0 Å². The first-order valence-electron chi connectivity index (χ1n) is 3.53. The Balaban J connectivity index is 3.44. The van der Waals surface area contributed by atoms with Gasteiger partial charge in [0.2, 0.25) is 0 Å². The van der Waals surface area contributed by atoms with E-state index in [1.165, 1.54) is 7.11 Å². The van der Waals surface area contributed by atoms with Crippen LogP contribution in [0.25, 0.3) is 0 Å². The van der Waals surface area contributed by atoms with Gasteiger partial charge in [-0.3, -0.25) is 4.79 Å². The van der Waals surface area contributed by atoms with Gasteiger partial charge in [0.15, 0.2) is 0 Å². The average Bonchev–Trinajstić information content (AvgIpc) is 1.95. The average molecular weight is 184 g/mol. The summed E-state index contributed by atoms with van der Waals surface area (Å²) in [7, 11) is 1.40. The third-order valence-electron chi connectivity index (χ3n) is 1.27. The van der Waals surface area contributed by atoms with E-state index in [9.17, 15) is 18.0 Å². The van der Waals surface area contributed by atoms with E-state index in [4.69, 9.17) is 0 Å². The van der Waals surface area contributed by atoms with Gasteiger partial charge in [0.05, 0.1) is 13.0 Å². The number of hydrogen-bond acceptors (Lipinski definition) is 2. The number of ketones is 1. The van der Waals surface area contributed by atoms with Crippen molar-refractivity contribution in [1.82, 2.24) is 0 Å². The van der Waals surface area contributed by atoms with E-state index in [-0.39, 0.29) is 13.0 Å². The van der Waals surface area contributed by atoms with Crippen LogP contribution in [0, 0.1) is 0 Å². The first-order chi connectivity index (χ1) is 5.45. The molecule has 5 heteroatoms. The summed E-state index contributed by atoms with van der Waals surface area (Å²) < 4.78 is 39.2. The van der Waals surface area contributed by atoms with Gasteiger partial charge in [-0.25, -0.2) is 0 Å². The summed E-state index contributed by atoms with van der Waals surface area (Å²) in [6, 6.07) is 0. The van der Waals surface area contributed by atoms with Crippen molar-refractivity contribution in [1.29, 1.82) is 0 Å². The summed E-state index contributed by atoms with van der Waals surface area (Å²) >= 11 is 0. The van der Waals surface area contributed by atoms with E-state index in [0.29, 0.717) is 0 Å². The molecule has 0 saturated heterocycles. The van der Waals surface area contributed by atoms with Crippen molar-refractivity contribution in [3.05, 3.63) is 0 Å². The third kappa shape index (κ3) is 7.53. The molecule has 0 bridgehead atoms. The maximum Gasteiger partial charge on any atom is 0.389 e. The standard InChI is InChI=1S/C7H11F3O2/c1-12-5-3-6(11)2-4-7(8,9)10/h2-5H2,1H3. The summed E-state index contributed by atoms with van der Waals surface area (Å²) in [5.74, 6) is -0.408. The zero-order chi connectivity index (χ0) is 9.61. The van der Waals surface area contributed by atoms with Crippen LogP contribution >= 0.6 is 0 Å². The molecule has 0 fully saturated rings. The molecule has 0 aromatic rings. The number of Topliss-reactive ketones (excluding diaryl/α,β-unsaturated/α-hetero) is 1. The summed E-state index contributed by atoms with van der Waals surface area (Å²) in [6.45, 7) is 0.191. The molecule has 0 atom stereocenters. The van der Waals surface area contributed by atoms with Gasteiger partial charge in [0.1, 0.15) is 5.78 Å². The number of halogens is 3. The van der Waals surface area contributed by atoms with Crippen LogP contribution in [0.5, 0.6) is 0 Å². The van der Waals surface area contributed by atoms with Crippen molar-refractivity contribution in [2.75, 3.05) is 13.7 Å². The van der Waals surface area contributed by atoms with Crippen LogP contribution in [-0.2, 0) is 9.53 Å². The first kappa shape index (κ1) is 11.4. The van der Waals surface area contributed by atoms with Gasteiger partial charge in [0, 0.05) is 20.0 Å². The summed E-state index contributed by atoms with van der Waals surface area (Å²) in [6.07, 6.45) is -5.64. The highest BCUT2D eigenvalue weighted by Gasteiger charge is 2.27. The molecular weight excluding hydrogens is 173 g/mol. The third-order valence-corrected chi connectivity index (χ3v) is 1.27. The Morgan fingerprint density at radius 1 is 1.33 bits per heavy atom. The van der Waals surface area contributed by atoms with Gasteiger partial charge in [-0.15, -0.1) is 0 Å². The van der Waals surface area contributed by atoms with Crippen LogP contribution in [0.1, 0.15) is 19.3 Å². The second-order valence-electron chi connectivity index (χ2n) is 2.40. The highest BCUT2D eigenvalue weighted by molar-refractivity contribution is 5.78. The highest BCUT2D eigenvalue weighted by atomic mass is 19.4. The molecule has 0 aromatic carbocycles. The fourth-order valence-corrected chi connectivity index (χ4v) is 0.622. The smallest absolute Gasteiger partial charge is 0.384 e. The van der Waals surface area contributed by atoms with Crippen molar-refractivity contribution in [2.24, 2.45) is 0 Å². The molecule has 0 spiro atoms. The molecule has 0 rings (SSSR count). The van der Waals surface area contributed by atoms with E-state index in [2.05, 4.69) is 4.74 Å². The first-order valence-corrected chi connectivity index (χ1v) is 3.53. The Morgan fingerprint density at radius 2 is 1.92 bits per heavy atom. The Kier molecular flexibility index (Phi) is 4.89. The Hall–Kier alpha value is -0.580. The number of carbonyl (C=O) groups excluding carboxylic acids is 1. The Morgan fingerprint density at radius 3 is 2.33 bits per heavy atom. The van der Waals surface area contributed by atoms with Crippen LogP contribution in [0.4, 0.5) is 13.2 Å². The molecule has 0 aliphatic rings. The molecule has 0 N–H and O–H groups in total. The number of hydrogen-bond donors (Lipinski definition) is 0. The second-order valence-corrected chi connectivity index (χ2v) is 2.40. The Labute approximate surface area is 68.7 Å². The zero-order valence-corrected chi connectivity index (χ0v) is 6.78. The zero-order valence-electron chi connectivity index (χ0n) is 6.78. The predicted octanol–water partition coefficient (Wildman–Crippen LogP) is 1.93. The maximum absolute atomic E-state index is 11.6. The number of ether oxygens (including phenoxy) is 1. The molecule has 72 valence electrons. The predicted molar refractivity (Wildman–Crippen MR) is 36.8 cm³/mol. The van der Waals surface area contributed by atoms with Crippen LogP contribution in [0.3, 0.4) is 0 Å². The quantitative estimate of drug-likeness (QED) is 0.652. The molecule has 0 aliphatic heterocycles. The molecular formula is C7H11F3O2. The van der Waals surface area contributed by atoms with Crippen molar-refractivity contribution in [3.63, 3.8) is 0 Å². The topological polar surface area (TPSA) is 26.3 Å². The van der Waals surface area contributed by atoms with Crippen molar-refractivity contribution < 1.29 is 22.7 Å². The largest absolute Gasteiger partial charge is 0.389 e. The van der Waals surface area contributed by atoms with Gasteiger partial charge in [-0.2, -0.15) is 13.2 Å². The molecule has 0 heterocycles. The fraction of sp³-hybridized carbons (Fsp3) is 0.857. The molecule has 12 heavy (non-hydrogen) atoms. The lowest BCUT2D eigenvalue weighted by atomic mass is 10.2. The number of carbonyl (C=O) groups is 1. The van der Waals surface area contributed by atoms with E-state index < -0.39 is 24.8 Å². The fourth-order valence-electron chi connectivity index (χ4n) is 0.622. The lowest BCUT2D eigenvalue weighted by molar-refractivity contribution is -0.143. The highest BCUT2D eigenvalue weighted by Crippen LogP contribution is 2.21. The maximum atomic E-state index is 11.6. The lowest BCUT2D eigenvalue weighted by Gasteiger charge is -2.04. The molecule has 0 aliphatic carbocycles.